The van der Waals surface area contributed by atoms with Gasteiger partial charge in [0.25, 0.3) is 0 Å². The van der Waals surface area contributed by atoms with Crippen LogP contribution in [0.25, 0.3) is 0 Å². The smallest absolute Gasteiger partial charge is 0.322 e. The first kappa shape index (κ1) is 19.1. The van der Waals surface area contributed by atoms with Gasteiger partial charge in [0, 0.05) is 12.2 Å². The average Bonchev–Trinajstić information content (AvgIpc) is 3.06. The third-order valence-electron chi connectivity index (χ3n) is 6.28. The number of anilines is 1. The van der Waals surface area contributed by atoms with E-state index in [1.165, 1.54) is 11.1 Å². The number of nitrogens with one attached hydrogen (secondary N) is 1. The van der Waals surface area contributed by atoms with Crippen molar-refractivity contribution in [1.29, 1.82) is 0 Å². The summed E-state index contributed by atoms with van der Waals surface area (Å²) in [5.74, 6) is 0.604. The number of ketones is 1. The van der Waals surface area contributed by atoms with E-state index in [0.29, 0.717) is 43.1 Å². The van der Waals surface area contributed by atoms with E-state index in [1.807, 2.05) is 30.9 Å². The number of fused-ring (bicyclic) bond motifs is 3. The predicted molar refractivity (Wildman–Crippen MR) is 113 cm³/mol. The Bertz CT molecular complexity index is 1030. The number of hydrogen-bond donors (Lipinski definition) is 1. The molecule has 2 aliphatic heterocycles. The third-order valence-corrected chi connectivity index (χ3v) is 6.28. The molecule has 3 aliphatic rings. The van der Waals surface area contributed by atoms with Gasteiger partial charge in [0.15, 0.2) is 5.78 Å². The van der Waals surface area contributed by atoms with E-state index in [4.69, 9.17) is 9.47 Å². The number of Topliss-reactive ketones (excluding diaryl/α,β-unsaturated/α-hetero) is 1. The Morgan fingerprint density at radius 3 is 2.87 bits per heavy atom. The van der Waals surface area contributed by atoms with Crippen molar-refractivity contribution in [3.05, 3.63) is 59.2 Å². The van der Waals surface area contributed by atoms with E-state index in [0.717, 1.165) is 12.8 Å². The van der Waals surface area contributed by atoms with Crippen molar-refractivity contribution < 1.29 is 19.1 Å². The maximum Gasteiger partial charge on any atom is 0.322 e. The number of nitrogens with zero attached hydrogens (tertiary/aromatic N) is 1. The zero-order valence-corrected chi connectivity index (χ0v) is 17.4. The first-order chi connectivity index (χ1) is 14.4. The normalized spacial score (nSPS) is 24.2. The van der Waals surface area contributed by atoms with Crippen molar-refractivity contribution in [2.75, 3.05) is 25.0 Å². The van der Waals surface area contributed by atoms with Crippen LogP contribution in [0.5, 0.6) is 5.75 Å². The number of aryl methyl sites for hydroxylation is 1. The minimum atomic E-state index is -0.505. The Morgan fingerprint density at radius 1 is 1.17 bits per heavy atom. The summed E-state index contributed by atoms with van der Waals surface area (Å²) in [7, 11) is 0. The Hall–Kier alpha value is -2.86. The van der Waals surface area contributed by atoms with Crippen molar-refractivity contribution in [3.8, 4) is 5.75 Å². The van der Waals surface area contributed by atoms with Crippen LogP contribution in [0.1, 0.15) is 48.2 Å². The van der Waals surface area contributed by atoms with E-state index in [1.54, 1.807) is 18.2 Å². The zero-order valence-electron chi connectivity index (χ0n) is 17.4. The molecule has 0 aromatic heterocycles. The van der Waals surface area contributed by atoms with Gasteiger partial charge < -0.3 is 19.7 Å². The first-order valence-electron chi connectivity index (χ1n) is 10.5. The number of rotatable bonds is 1. The Balaban J connectivity index is 1.33. The van der Waals surface area contributed by atoms with E-state index >= 15 is 0 Å². The molecule has 156 valence electrons. The Morgan fingerprint density at radius 2 is 2.00 bits per heavy atom. The highest BCUT2D eigenvalue weighted by molar-refractivity contribution is 6.02. The predicted octanol–water partition coefficient (Wildman–Crippen LogP) is 4.14. The first-order valence-corrected chi connectivity index (χ1v) is 10.5. The fourth-order valence-corrected chi connectivity index (χ4v) is 4.86. The molecule has 0 radical (unpaired) electrons. The SMILES string of the molecule is CC1(C)CC(=O)c2cc(NC(=O)N3CCOC4(CCc5ccccc54)C3)ccc2O1. The molecule has 2 aromatic carbocycles. The van der Waals surface area contributed by atoms with Crippen molar-refractivity contribution >= 4 is 17.5 Å². The Labute approximate surface area is 176 Å². The average molecular weight is 406 g/mol. The van der Waals surface area contributed by atoms with Gasteiger partial charge in [-0.05, 0) is 56.0 Å². The zero-order chi connectivity index (χ0) is 20.9. The summed E-state index contributed by atoms with van der Waals surface area (Å²) >= 11 is 0. The summed E-state index contributed by atoms with van der Waals surface area (Å²) < 4.78 is 12.1. The minimum Gasteiger partial charge on any atom is -0.487 e. The number of morpholine rings is 1. The van der Waals surface area contributed by atoms with Gasteiger partial charge in [0.05, 0.1) is 25.1 Å². The monoisotopic (exact) mass is 406 g/mol. The lowest BCUT2D eigenvalue weighted by molar-refractivity contribution is -0.100. The number of ether oxygens (including phenoxy) is 2. The van der Waals surface area contributed by atoms with Crippen LogP contribution in [0.2, 0.25) is 0 Å². The number of carbonyl (C=O) groups is 2. The van der Waals surface area contributed by atoms with Crippen LogP contribution in [0.4, 0.5) is 10.5 Å². The maximum absolute atomic E-state index is 13.0. The lowest BCUT2D eigenvalue weighted by Crippen LogP contribution is -2.52. The van der Waals surface area contributed by atoms with Crippen LogP contribution >= 0.6 is 0 Å². The second-order valence-electron chi connectivity index (χ2n) is 9.02. The molecule has 0 saturated carbocycles. The number of urea groups is 1. The van der Waals surface area contributed by atoms with Crippen LogP contribution in [0, 0.1) is 0 Å². The number of amides is 2. The number of carbonyl (C=O) groups excluding carboxylic acids is 2. The summed E-state index contributed by atoms with van der Waals surface area (Å²) in [6, 6.07) is 13.4. The molecule has 1 aliphatic carbocycles. The van der Waals surface area contributed by atoms with Crippen LogP contribution < -0.4 is 10.1 Å². The highest BCUT2D eigenvalue weighted by Crippen LogP contribution is 2.42. The molecular weight excluding hydrogens is 380 g/mol. The lowest BCUT2D eigenvalue weighted by atomic mass is 9.93. The van der Waals surface area contributed by atoms with Crippen molar-refractivity contribution in [2.24, 2.45) is 0 Å². The van der Waals surface area contributed by atoms with Gasteiger partial charge in [-0.3, -0.25) is 4.79 Å². The molecule has 1 unspecified atom stereocenters. The van der Waals surface area contributed by atoms with Crippen LogP contribution in [0.15, 0.2) is 42.5 Å². The molecule has 30 heavy (non-hydrogen) atoms. The maximum atomic E-state index is 13.0. The molecule has 1 N–H and O–H groups in total. The Kier molecular flexibility index (Phi) is 4.36. The van der Waals surface area contributed by atoms with Gasteiger partial charge in [-0.15, -0.1) is 0 Å². The summed E-state index contributed by atoms with van der Waals surface area (Å²) in [4.78, 5) is 27.3. The fraction of sp³-hybridized carbons (Fsp3) is 0.417. The topological polar surface area (TPSA) is 67.9 Å². The van der Waals surface area contributed by atoms with Gasteiger partial charge in [-0.25, -0.2) is 4.79 Å². The summed E-state index contributed by atoms with van der Waals surface area (Å²) in [5, 5.41) is 2.96. The van der Waals surface area contributed by atoms with E-state index in [2.05, 4.69) is 17.4 Å². The quantitative estimate of drug-likeness (QED) is 0.773. The van der Waals surface area contributed by atoms with E-state index < -0.39 is 11.2 Å². The van der Waals surface area contributed by atoms with Crippen molar-refractivity contribution in [2.45, 2.75) is 44.3 Å². The fourth-order valence-electron chi connectivity index (χ4n) is 4.86. The van der Waals surface area contributed by atoms with Crippen molar-refractivity contribution in [3.63, 3.8) is 0 Å². The minimum absolute atomic E-state index is 0.0326. The second kappa shape index (κ2) is 6.84. The van der Waals surface area contributed by atoms with Gasteiger partial charge in [0.1, 0.15) is 17.0 Å². The number of benzene rings is 2. The molecule has 1 spiro atoms. The second-order valence-corrected chi connectivity index (χ2v) is 9.02. The molecule has 0 bridgehead atoms. The molecular formula is C24H26N2O4. The summed E-state index contributed by atoms with van der Waals surface area (Å²) in [6.45, 7) is 5.37. The lowest BCUT2D eigenvalue weighted by Gasteiger charge is -2.41. The van der Waals surface area contributed by atoms with Crippen LogP contribution in [0.3, 0.4) is 0 Å². The highest BCUT2D eigenvalue weighted by Gasteiger charge is 2.44. The van der Waals surface area contributed by atoms with Gasteiger partial charge >= 0.3 is 6.03 Å². The third kappa shape index (κ3) is 3.25. The molecule has 1 fully saturated rings. The number of hydrogen-bond acceptors (Lipinski definition) is 4. The van der Waals surface area contributed by atoms with E-state index in [-0.39, 0.29) is 11.8 Å². The summed E-state index contributed by atoms with van der Waals surface area (Å²) in [5.41, 5.74) is 2.70. The molecule has 2 aromatic rings. The van der Waals surface area contributed by atoms with Gasteiger partial charge in [0.2, 0.25) is 0 Å². The molecule has 6 nitrogen and oxygen atoms in total. The highest BCUT2D eigenvalue weighted by atomic mass is 16.5. The van der Waals surface area contributed by atoms with Crippen LogP contribution in [-0.4, -0.2) is 42.0 Å². The molecule has 6 heteroatoms. The van der Waals surface area contributed by atoms with E-state index in [9.17, 15) is 9.59 Å². The standard InChI is InChI=1S/C24H26N2O4/c1-23(2)14-20(27)18-13-17(7-8-21(18)30-23)25-22(28)26-11-12-29-24(15-26)10-9-16-5-3-4-6-19(16)24/h3-8,13H,9-12,14-15H2,1-2H3,(H,25,28). The molecule has 2 amide bonds. The molecule has 1 saturated heterocycles. The van der Waals surface area contributed by atoms with Gasteiger partial charge in [-0.2, -0.15) is 0 Å². The van der Waals surface area contributed by atoms with Crippen molar-refractivity contribution in [1.82, 2.24) is 4.90 Å². The summed E-state index contributed by atoms with van der Waals surface area (Å²) in [6.07, 6.45) is 2.17. The van der Waals surface area contributed by atoms with Gasteiger partial charge in [-0.1, -0.05) is 24.3 Å². The molecule has 2 heterocycles. The largest absolute Gasteiger partial charge is 0.487 e. The molecule has 1 atom stereocenters. The van der Waals surface area contributed by atoms with Crippen LogP contribution in [-0.2, 0) is 16.8 Å². The molecule has 5 rings (SSSR count).